The molecule has 134 valence electrons. The number of aromatic nitrogens is 1. The van der Waals surface area contributed by atoms with E-state index in [4.69, 9.17) is 16.0 Å². The molecule has 0 radical (unpaired) electrons. The summed E-state index contributed by atoms with van der Waals surface area (Å²) in [5.74, 6) is 0.526. The third-order valence-corrected chi connectivity index (χ3v) is 5.43. The SMILES string of the molecule is O=C(NCc1ccco1)c1cc(Sc2ccccc2Cl)nc2ccccc12. The van der Waals surface area contributed by atoms with Crippen LogP contribution in [0.15, 0.2) is 87.3 Å². The summed E-state index contributed by atoms with van der Waals surface area (Å²) < 4.78 is 5.28. The molecule has 1 N–H and O–H groups in total. The summed E-state index contributed by atoms with van der Waals surface area (Å²) in [6, 6.07) is 20.6. The molecule has 0 atom stereocenters. The summed E-state index contributed by atoms with van der Waals surface area (Å²) in [6.45, 7) is 0.329. The van der Waals surface area contributed by atoms with Crippen LogP contribution in [0.4, 0.5) is 0 Å². The Morgan fingerprint density at radius 1 is 1.07 bits per heavy atom. The van der Waals surface area contributed by atoms with Crippen LogP contribution in [-0.4, -0.2) is 10.9 Å². The van der Waals surface area contributed by atoms with E-state index in [2.05, 4.69) is 10.3 Å². The normalized spacial score (nSPS) is 10.9. The van der Waals surface area contributed by atoms with Gasteiger partial charge in [0.1, 0.15) is 10.8 Å². The molecule has 0 spiro atoms. The van der Waals surface area contributed by atoms with Gasteiger partial charge in [0.25, 0.3) is 5.91 Å². The van der Waals surface area contributed by atoms with E-state index in [0.717, 1.165) is 15.8 Å². The fourth-order valence-corrected chi connectivity index (χ4v) is 3.82. The summed E-state index contributed by atoms with van der Waals surface area (Å²) in [6.07, 6.45) is 1.58. The monoisotopic (exact) mass is 394 g/mol. The molecule has 0 aliphatic heterocycles. The Kier molecular flexibility index (Phi) is 5.14. The molecule has 2 heterocycles. The minimum atomic E-state index is -0.175. The number of hydrogen-bond donors (Lipinski definition) is 1. The quantitative estimate of drug-likeness (QED) is 0.481. The van der Waals surface area contributed by atoms with Crippen molar-refractivity contribution >= 4 is 40.2 Å². The molecule has 0 bridgehead atoms. The van der Waals surface area contributed by atoms with Crippen molar-refractivity contribution in [2.75, 3.05) is 0 Å². The largest absolute Gasteiger partial charge is 0.467 e. The first-order valence-electron chi connectivity index (χ1n) is 8.33. The Morgan fingerprint density at radius 2 is 1.89 bits per heavy atom. The standard InChI is InChI=1S/C21H15ClN2O2S/c22-17-8-2-4-10-19(17)27-20-12-16(15-7-1-3-9-18(15)24-20)21(25)23-13-14-6-5-11-26-14/h1-12H,13H2,(H,23,25). The van der Waals surface area contributed by atoms with Gasteiger partial charge < -0.3 is 9.73 Å². The number of halogens is 1. The number of pyridine rings is 1. The van der Waals surface area contributed by atoms with Gasteiger partial charge >= 0.3 is 0 Å². The smallest absolute Gasteiger partial charge is 0.252 e. The molecule has 0 aliphatic carbocycles. The molecular weight excluding hydrogens is 380 g/mol. The highest BCUT2D eigenvalue weighted by Gasteiger charge is 2.14. The van der Waals surface area contributed by atoms with Gasteiger partial charge in [-0.3, -0.25) is 4.79 Å². The Labute approximate surface area is 165 Å². The number of carbonyl (C=O) groups is 1. The molecular formula is C21H15ClN2O2S. The predicted molar refractivity (Wildman–Crippen MR) is 107 cm³/mol. The van der Waals surface area contributed by atoms with Gasteiger partial charge in [-0.2, -0.15) is 0 Å². The molecule has 2 aromatic heterocycles. The van der Waals surface area contributed by atoms with Crippen LogP contribution in [0.25, 0.3) is 10.9 Å². The van der Waals surface area contributed by atoms with E-state index in [9.17, 15) is 4.79 Å². The van der Waals surface area contributed by atoms with E-state index in [1.807, 2.05) is 54.6 Å². The van der Waals surface area contributed by atoms with Gasteiger partial charge in [-0.25, -0.2) is 4.98 Å². The first kappa shape index (κ1) is 17.6. The number of para-hydroxylation sites is 1. The predicted octanol–water partition coefficient (Wildman–Crippen LogP) is 5.56. The molecule has 6 heteroatoms. The van der Waals surface area contributed by atoms with Gasteiger partial charge in [0.05, 0.1) is 28.9 Å². The summed E-state index contributed by atoms with van der Waals surface area (Å²) >= 11 is 7.70. The van der Waals surface area contributed by atoms with Crippen molar-refractivity contribution < 1.29 is 9.21 Å². The van der Waals surface area contributed by atoms with Crippen LogP contribution in [0.1, 0.15) is 16.1 Å². The number of benzene rings is 2. The lowest BCUT2D eigenvalue weighted by molar-refractivity contribution is 0.0949. The van der Waals surface area contributed by atoms with E-state index >= 15 is 0 Å². The van der Waals surface area contributed by atoms with Crippen molar-refractivity contribution in [3.63, 3.8) is 0 Å². The van der Waals surface area contributed by atoms with Gasteiger partial charge in [-0.05, 0) is 36.4 Å². The van der Waals surface area contributed by atoms with Gasteiger partial charge in [-0.1, -0.05) is 53.7 Å². The molecule has 4 aromatic rings. The molecule has 2 aromatic carbocycles. The lowest BCUT2D eigenvalue weighted by Crippen LogP contribution is -2.23. The third kappa shape index (κ3) is 3.99. The number of amides is 1. The molecule has 0 saturated heterocycles. The topological polar surface area (TPSA) is 55.1 Å². The van der Waals surface area contributed by atoms with Crippen molar-refractivity contribution in [2.24, 2.45) is 0 Å². The highest BCUT2D eigenvalue weighted by Crippen LogP contribution is 2.34. The lowest BCUT2D eigenvalue weighted by atomic mass is 10.1. The second-order valence-electron chi connectivity index (χ2n) is 5.82. The summed E-state index contributed by atoms with van der Waals surface area (Å²) in [4.78, 5) is 18.4. The molecule has 0 fully saturated rings. The van der Waals surface area contributed by atoms with Crippen LogP contribution in [0.5, 0.6) is 0 Å². The van der Waals surface area contributed by atoms with Crippen molar-refractivity contribution in [1.29, 1.82) is 0 Å². The zero-order chi connectivity index (χ0) is 18.6. The first-order valence-corrected chi connectivity index (χ1v) is 9.53. The number of nitrogens with one attached hydrogen (secondary N) is 1. The molecule has 0 saturated carbocycles. The average Bonchev–Trinajstić information content (AvgIpc) is 3.21. The molecule has 0 unspecified atom stereocenters. The van der Waals surface area contributed by atoms with Crippen molar-refractivity contribution in [3.8, 4) is 0 Å². The second-order valence-corrected chi connectivity index (χ2v) is 7.29. The van der Waals surface area contributed by atoms with Crippen molar-refractivity contribution in [1.82, 2.24) is 10.3 Å². The number of rotatable bonds is 5. The lowest BCUT2D eigenvalue weighted by Gasteiger charge is -2.10. The summed E-state index contributed by atoms with van der Waals surface area (Å²) in [5.41, 5.74) is 1.33. The van der Waals surface area contributed by atoms with Crippen LogP contribution in [-0.2, 0) is 6.54 Å². The van der Waals surface area contributed by atoms with Gasteiger partial charge in [0, 0.05) is 10.3 Å². The maximum atomic E-state index is 12.8. The fourth-order valence-electron chi connectivity index (χ4n) is 2.71. The second kappa shape index (κ2) is 7.86. The van der Waals surface area contributed by atoms with Gasteiger partial charge in [0.2, 0.25) is 0 Å². The van der Waals surface area contributed by atoms with Crippen LogP contribution in [0, 0.1) is 0 Å². The molecule has 0 aliphatic rings. The average molecular weight is 395 g/mol. The van der Waals surface area contributed by atoms with E-state index in [-0.39, 0.29) is 5.91 Å². The summed E-state index contributed by atoms with van der Waals surface area (Å²) in [5, 5.41) is 5.07. The van der Waals surface area contributed by atoms with Gasteiger partial charge in [0.15, 0.2) is 0 Å². The zero-order valence-electron chi connectivity index (χ0n) is 14.2. The maximum absolute atomic E-state index is 12.8. The number of fused-ring (bicyclic) bond motifs is 1. The van der Waals surface area contributed by atoms with Gasteiger partial charge in [-0.15, -0.1) is 0 Å². The number of carbonyl (C=O) groups excluding carboxylic acids is 1. The van der Waals surface area contributed by atoms with E-state index in [0.29, 0.717) is 27.9 Å². The Bertz CT molecular complexity index is 1100. The molecule has 27 heavy (non-hydrogen) atoms. The molecule has 1 amide bonds. The fraction of sp³-hybridized carbons (Fsp3) is 0.0476. The van der Waals surface area contributed by atoms with Crippen LogP contribution >= 0.6 is 23.4 Å². The van der Waals surface area contributed by atoms with E-state index < -0.39 is 0 Å². The Balaban J connectivity index is 1.68. The van der Waals surface area contributed by atoms with E-state index in [1.165, 1.54) is 11.8 Å². The highest BCUT2D eigenvalue weighted by molar-refractivity contribution is 7.99. The number of nitrogens with zero attached hydrogens (tertiary/aromatic N) is 1. The maximum Gasteiger partial charge on any atom is 0.252 e. The van der Waals surface area contributed by atoms with Crippen molar-refractivity contribution in [2.45, 2.75) is 16.5 Å². The molecule has 4 rings (SSSR count). The molecule has 4 nitrogen and oxygen atoms in total. The number of furan rings is 1. The third-order valence-electron chi connectivity index (χ3n) is 3.99. The minimum absolute atomic E-state index is 0.175. The van der Waals surface area contributed by atoms with Crippen LogP contribution < -0.4 is 5.32 Å². The van der Waals surface area contributed by atoms with Crippen LogP contribution in [0.2, 0.25) is 5.02 Å². The summed E-state index contributed by atoms with van der Waals surface area (Å²) in [7, 11) is 0. The first-order chi connectivity index (χ1) is 13.2. The van der Waals surface area contributed by atoms with Crippen molar-refractivity contribution in [3.05, 3.63) is 89.3 Å². The Hall–Kier alpha value is -2.76. The highest BCUT2D eigenvalue weighted by atomic mass is 35.5. The van der Waals surface area contributed by atoms with Crippen LogP contribution in [0.3, 0.4) is 0 Å². The zero-order valence-corrected chi connectivity index (χ0v) is 15.8. The Morgan fingerprint density at radius 3 is 2.70 bits per heavy atom. The minimum Gasteiger partial charge on any atom is -0.467 e. The number of hydrogen-bond acceptors (Lipinski definition) is 4. The van der Waals surface area contributed by atoms with E-state index in [1.54, 1.807) is 18.4 Å².